The van der Waals surface area contributed by atoms with E-state index in [1.807, 2.05) is 0 Å². The zero-order chi connectivity index (χ0) is 5.86. The van der Waals surface area contributed by atoms with Gasteiger partial charge in [0.2, 0.25) is 5.91 Å². The van der Waals surface area contributed by atoms with Gasteiger partial charge in [-0.1, -0.05) is 6.92 Å². The van der Waals surface area contributed by atoms with Gasteiger partial charge >= 0.3 is 0 Å². The maximum Gasteiger partial charge on any atom is 0.222 e. The monoisotopic (exact) mass is 102 g/mol. The zero-order valence-electron chi connectivity index (χ0n) is 4.18. The van der Waals surface area contributed by atoms with Crippen LogP contribution in [0, 0.1) is 5.92 Å². The fourth-order valence-corrected chi connectivity index (χ4v) is 0.0821. The number of carbonyl (C=O) groups is 1. The van der Waals surface area contributed by atoms with Crippen LogP contribution >= 0.6 is 0 Å². The lowest BCUT2D eigenvalue weighted by Gasteiger charge is -1.95. The molecule has 1 radical (unpaired) electrons. The highest BCUT2D eigenvalue weighted by molar-refractivity contribution is 5.76. The fraction of sp³-hybridized carbons (Fsp3) is 0.750. The lowest BCUT2D eigenvalue weighted by Crippen LogP contribution is -2.22. The van der Waals surface area contributed by atoms with Gasteiger partial charge in [-0.05, 0) is 0 Å². The van der Waals surface area contributed by atoms with Gasteiger partial charge in [0.25, 0.3) is 0 Å². The van der Waals surface area contributed by atoms with Crippen molar-refractivity contribution in [3.63, 3.8) is 0 Å². The van der Waals surface area contributed by atoms with Crippen molar-refractivity contribution < 1.29 is 9.90 Å². The standard InChI is InChI=1S/C4H8NO2/c1-3(2-6)4(5)7/h3H,2H2,1H3,(H2,5,7). The van der Waals surface area contributed by atoms with Crippen LogP contribution in [0.2, 0.25) is 0 Å². The SMILES string of the molecule is CC(C[O])C(N)=O. The average Bonchev–Trinajstić information content (AvgIpc) is 1.65. The van der Waals surface area contributed by atoms with Crippen molar-refractivity contribution in [2.24, 2.45) is 11.7 Å². The lowest BCUT2D eigenvalue weighted by molar-refractivity contribution is -0.122. The molecule has 0 aromatic carbocycles. The topological polar surface area (TPSA) is 63.0 Å². The van der Waals surface area contributed by atoms with Crippen molar-refractivity contribution >= 4 is 5.91 Å². The molecule has 0 fully saturated rings. The number of carbonyl (C=O) groups excluding carboxylic acids is 1. The number of hydrogen-bond acceptors (Lipinski definition) is 1. The van der Waals surface area contributed by atoms with Gasteiger partial charge in [-0.15, -0.1) is 0 Å². The molecule has 41 valence electrons. The van der Waals surface area contributed by atoms with Crippen LogP contribution in [-0.4, -0.2) is 12.5 Å². The van der Waals surface area contributed by atoms with E-state index >= 15 is 0 Å². The number of nitrogens with two attached hydrogens (primary N) is 1. The zero-order valence-corrected chi connectivity index (χ0v) is 4.18. The molecule has 0 aliphatic carbocycles. The quantitative estimate of drug-likeness (QED) is 0.503. The Morgan fingerprint density at radius 2 is 2.29 bits per heavy atom. The minimum Gasteiger partial charge on any atom is -0.369 e. The fourth-order valence-electron chi connectivity index (χ4n) is 0.0821. The molecule has 1 unspecified atom stereocenters. The van der Waals surface area contributed by atoms with Crippen LogP contribution < -0.4 is 5.73 Å². The summed E-state index contributed by atoms with van der Waals surface area (Å²) in [6, 6.07) is 0. The minimum absolute atomic E-state index is 0.407. The van der Waals surface area contributed by atoms with Crippen molar-refractivity contribution in [1.82, 2.24) is 0 Å². The average molecular weight is 102 g/mol. The van der Waals surface area contributed by atoms with Crippen LogP contribution in [0.1, 0.15) is 6.92 Å². The van der Waals surface area contributed by atoms with Gasteiger partial charge in [-0.2, -0.15) is 0 Å². The molecule has 3 nitrogen and oxygen atoms in total. The lowest BCUT2D eigenvalue weighted by atomic mass is 10.2. The van der Waals surface area contributed by atoms with Gasteiger partial charge in [0.15, 0.2) is 0 Å². The van der Waals surface area contributed by atoms with E-state index < -0.39 is 18.4 Å². The Bertz CT molecular complexity index is 72.1. The first-order valence-corrected chi connectivity index (χ1v) is 2.06. The molecule has 0 heterocycles. The number of amides is 1. The molecule has 0 rings (SSSR count). The normalized spacial score (nSPS) is 13.4. The number of primary amides is 1. The molecule has 0 aliphatic rings. The Hall–Kier alpha value is -0.570. The van der Waals surface area contributed by atoms with E-state index in [1.54, 1.807) is 0 Å². The Kier molecular flexibility index (Phi) is 2.37. The van der Waals surface area contributed by atoms with Gasteiger partial charge in [0, 0.05) is 0 Å². The molecule has 1 atom stereocenters. The molecule has 1 amide bonds. The molecule has 0 saturated heterocycles. The minimum atomic E-state index is -0.519. The van der Waals surface area contributed by atoms with Gasteiger partial charge in [0.05, 0.1) is 12.5 Å². The highest BCUT2D eigenvalue weighted by atomic mass is 16.3. The summed E-state index contributed by atoms with van der Waals surface area (Å²) in [6.45, 7) is 1.10. The van der Waals surface area contributed by atoms with Crippen molar-refractivity contribution in [3.05, 3.63) is 0 Å². The Morgan fingerprint density at radius 1 is 1.86 bits per heavy atom. The molecule has 7 heavy (non-hydrogen) atoms. The Morgan fingerprint density at radius 3 is 2.29 bits per heavy atom. The summed E-state index contributed by atoms with van der Waals surface area (Å²) >= 11 is 0. The molecule has 0 saturated carbocycles. The first kappa shape index (κ1) is 6.43. The summed E-state index contributed by atoms with van der Waals surface area (Å²) in [7, 11) is 0. The Balaban J connectivity index is 3.34. The second-order valence-corrected chi connectivity index (χ2v) is 1.47. The second kappa shape index (κ2) is 2.58. The smallest absolute Gasteiger partial charge is 0.222 e. The molecular weight excluding hydrogens is 94.0 g/mol. The van der Waals surface area contributed by atoms with Crippen LogP contribution in [0.4, 0.5) is 0 Å². The molecule has 0 spiro atoms. The molecule has 0 aliphatic heterocycles. The predicted octanol–water partition coefficient (Wildman–Crippen LogP) is -0.462. The van der Waals surface area contributed by atoms with Crippen molar-refractivity contribution in [2.45, 2.75) is 6.92 Å². The van der Waals surface area contributed by atoms with Crippen LogP contribution in [0.3, 0.4) is 0 Å². The third-order valence-electron chi connectivity index (χ3n) is 0.736. The van der Waals surface area contributed by atoms with Gasteiger partial charge in [0.1, 0.15) is 0 Å². The Labute approximate surface area is 42.1 Å². The molecule has 2 N–H and O–H groups in total. The summed E-state index contributed by atoms with van der Waals surface area (Å²) in [6.07, 6.45) is 0. The summed E-state index contributed by atoms with van der Waals surface area (Å²) in [4.78, 5) is 9.95. The predicted molar refractivity (Wildman–Crippen MR) is 23.9 cm³/mol. The number of hydrogen-bond donors (Lipinski definition) is 1. The van der Waals surface area contributed by atoms with Crippen molar-refractivity contribution in [1.29, 1.82) is 0 Å². The van der Waals surface area contributed by atoms with E-state index in [0.717, 1.165) is 0 Å². The summed E-state index contributed by atoms with van der Waals surface area (Å²) in [5, 5.41) is 9.77. The molecule has 3 heteroatoms. The van der Waals surface area contributed by atoms with Crippen LogP contribution in [0.5, 0.6) is 0 Å². The van der Waals surface area contributed by atoms with E-state index in [4.69, 9.17) is 5.73 Å². The van der Waals surface area contributed by atoms with E-state index in [1.165, 1.54) is 6.92 Å². The maximum absolute atomic E-state index is 9.95. The third kappa shape index (κ3) is 2.17. The van der Waals surface area contributed by atoms with Gasteiger partial charge in [-0.25, -0.2) is 5.11 Å². The van der Waals surface area contributed by atoms with E-state index in [-0.39, 0.29) is 0 Å². The molecule has 0 bridgehead atoms. The third-order valence-corrected chi connectivity index (χ3v) is 0.736. The first-order valence-electron chi connectivity index (χ1n) is 2.06. The van der Waals surface area contributed by atoms with Crippen molar-refractivity contribution in [2.75, 3.05) is 6.61 Å². The van der Waals surface area contributed by atoms with Gasteiger partial charge < -0.3 is 5.73 Å². The molecule has 0 aromatic rings. The van der Waals surface area contributed by atoms with Gasteiger partial charge in [-0.3, -0.25) is 4.79 Å². The van der Waals surface area contributed by atoms with E-state index in [2.05, 4.69) is 0 Å². The molecule has 0 aromatic heterocycles. The largest absolute Gasteiger partial charge is 0.369 e. The number of rotatable bonds is 2. The summed E-state index contributed by atoms with van der Waals surface area (Å²) < 4.78 is 0. The first-order chi connectivity index (χ1) is 3.18. The van der Waals surface area contributed by atoms with Crippen LogP contribution in [-0.2, 0) is 9.90 Å². The van der Waals surface area contributed by atoms with Crippen molar-refractivity contribution in [3.8, 4) is 0 Å². The highest BCUT2D eigenvalue weighted by Gasteiger charge is 2.04. The highest BCUT2D eigenvalue weighted by Crippen LogP contribution is 1.87. The second-order valence-electron chi connectivity index (χ2n) is 1.47. The maximum atomic E-state index is 9.95. The molecular formula is C4H8NO2. The summed E-state index contributed by atoms with van der Waals surface area (Å²) in [5.74, 6) is -1.03. The van der Waals surface area contributed by atoms with E-state index in [0.29, 0.717) is 0 Å². The van der Waals surface area contributed by atoms with Crippen LogP contribution in [0.15, 0.2) is 0 Å². The summed E-state index contributed by atoms with van der Waals surface area (Å²) in [5.41, 5.74) is 4.71. The van der Waals surface area contributed by atoms with Crippen LogP contribution in [0.25, 0.3) is 0 Å². The van der Waals surface area contributed by atoms with E-state index in [9.17, 15) is 9.90 Å².